The number of benzene rings is 1. The summed E-state index contributed by atoms with van der Waals surface area (Å²) < 4.78 is 7.29. The molecule has 154 valence electrons. The van der Waals surface area contributed by atoms with E-state index in [1.165, 1.54) is 0 Å². The fourth-order valence-corrected chi connectivity index (χ4v) is 3.76. The van der Waals surface area contributed by atoms with Crippen molar-refractivity contribution in [3.05, 3.63) is 47.8 Å². The molecule has 29 heavy (non-hydrogen) atoms. The molecule has 8 nitrogen and oxygen atoms in total. The van der Waals surface area contributed by atoms with E-state index in [9.17, 15) is 9.59 Å². The third-order valence-electron chi connectivity index (χ3n) is 5.36. The Balaban J connectivity index is 1.31. The summed E-state index contributed by atoms with van der Waals surface area (Å²) in [7, 11) is 0. The van der Waals surface area contributed by atoms with Crippen LogP contribution in [-0.2, 0) is 16.1 Å². The SMILES string of the molecule is O=C(NCc1cccc(NC(=O)C2CCCO2)c1)c1ccn(C2CCCNC2)n1. The van der Waals surface area contributed by atoms with Crippen LogP contribution in [0.1, 0.15) is 47.8 Å². The Hall–Kier alpha value is -2.71. The number of hydrogen-bond acceptors (Lipinski definition) is 5. The molecule has 0 saturated carbocycles. The molecule has 3 heterocycles. The molecular weight excluding hydrogens is 370 g/mol. The van der Waals surface area contributed by atoms with Crippen LogP contribution in [0, 0.1) is 0 Å². The lowest BCUT2D eigenvalue weighted by molar-refractivity contribution is -0.124. The van der Waals surface area contributed by atoms with Gasteiger partial charge >= 0.3 is 0 Å². The average molecular weight is 397 g/mol. The first kappa shape index (κ1) is 19.6. The lowest BCUT2D eigenvalue weighted by atomic mass is 10.1. The Morgan fingerprint density at radius 2 is 2.17 bits per heavy atom. The molecule has 1 aromatic carbocycles. The summed E-state index contributed by atoms with van der Waals surface area (Å²) in [4.78, 5) is 24.7. The first-order valence-electron chi connectivity index (χ1n) is 10.2. The summed E-state index contributed by atoms with van der Waals surface area (Å²) in [5.74, 6) is -0.326. The number of carbonyl (C=O) groups excluding carboxylic acids is 2. The molecule has 2 aromatic rings. The van der Waals surface area contributed by atoms with E-state index in [4.69, 9.17) is 4.74 Å². The minimum Gasteiger partial charge on any atom is -0.368 e. The van der Waals surface area contributed by atoms with Crippen molar-refractivity contribution in [2.24, 2.45) is 0 Å². The van der Waals surface area contributed by atoms with Crippen molar-refractivity contribution >= 4 is 17.5 Å². The molecule has 0 aliphatic carbocycles. The number of hydrogen-bond donors (Lipinski definition) is 3. The zero-order valence-corrected chi connectivity index (χ0v) is 16.4. The molecule has 2 unspecified atom stereocenters. The monoisotopic (exact) mass is 397 g/mol. The summed E-state index contributed by atoms with van der Waals surface area (Å²) in [6.07, 6.45) is 5.36. The van der Waals surface area contributed by atoms with Gasteiger partial charge in [0.1, 0.15) is 11.8 Å². The molecule has 2 aliphatic heterocycles. The highest BCUT2D eigenvalue weighted by Crippen LogP contribution is 2.17. The molecule has 0 radical (unpaired) electrons. The normalized spacial score (nSPS) is 21.7. The highest BCUT2D eigenvalue weighted by Gasteiger charge is 2.23. The summed E-state index contributed by atoms with van der Waals surface area (Å²) in [5, 5.41) is 13.6. The van der Waals surface area contributed by atoms with Crippen molar-refractivity contribution in [1.29, 1.82) is 0 Å². The minimum absolute atomic E-state index is 0.119. The maximum Gasteiger partial charge on any atom is 0.272 e. The van der Waals surface area contributed by atoms with E-state index in [1.807, 2.05) is 35.1 Å². The van der Waals surface area contributed by atoms with E-state index in [0.717, 1.165) is 44.3 Å². The third-order valence-corrected chi connectivity index (χ3v) is 5.36. The van der Waals surface area contributed by atoms with Crippen molar-refractivity contribution < 1.29 is 14.3 Å². The molecule has 2 atom stereocenters. The van der Waals surface area contributed by atoms with Gasteiger partial charge in [0.2, 0.25) is 0 Å². The van der Waals surface area contributed by atoms with Crippen molar-refractivity contribution in [3.63, 3.8) is 0 Å². The number of ether oxygens (including phenoxy) is 1. The van der Waals surface area contributed by atoms with Crippen LogP contribution < -0.4 is 16.0 Å². The van der Waals surface area contributed by atoms with Gasteiger partial charge in [0.05, 0.1) is 6.04 Å². The molecule has 3 N–H and O–H groups in total. The lowest BCUT2D eigenvalue weighted by Crippen LogP contribution is -2.32. The fourth-order valence-electron chi connectivity index (χ4n) is 3.76. The first-order chi connectivity index (χ1) is 14.2. The Kier molecular flexibility index (Phi) is 6.21. The largest absolute Gasteiger partial charge is 0.368 e. The zero-order valence-electron chi connectivity index (χ0n) is 16.4. The predicted molar refractivity (Wildman–Crippen MR) is 109 cm³/mol. The number of rotatable bonds is 6. The second-order valence-corrected chi connectivity index (χ2v) is 7.56. The fraction of sp³-hybridized carbons (Fsp3) is 0.476. The van der Waals surface area contributed by atoms with Gasteiger partial charge in [-0.1, -0.05) is 12.1 Å². The summed E-state index contributed by atoms with van der Waals surface area (Å²) in [6, 6.07) is 9.51. The molecular formula is C21H27N5O3. The Labute approximate surface area is 170 Å². The molecule has 2 aliphatic rings. The number of carbonyl (C=O) groups is 2. The maximum atomic E-state index is 12.5. The number of piperidine rings is 1. The van der Waals surface area contributed by atoms with Crippen LogP contribution in [0.25, 0.3) is 0 Å². The van der Waals surface area contributed by atoms with Gasteiger partial charge in [-0.2, -0.15) is 5.10 Å². The number of amides is 2. The molecule has 1 aromatic heterocycles. The van der Waals surface area contributed by atoms with Crippen LogP contribution >= 0.6 is 0 Å². The van der Waals surface area contributed by atoms with Gasteiger partial charge in [-0.3, -0.25) is 14.3 Å². The number of nitrogens with zero attached hydrogens (tertiary/aromatic N) is 2. The lowest BCUT2D eigenvalue weighted by Gasteiger charge is -2.22. The second kappa shape index (κ2) is 9.19. The van der Waals surface area contributed by atoms with Crippen LogP contribution in [0.4, 0.5) is 5.69 Å². The minimum atomic E-state index is -0.368. The van der Waals surface area contributed by atoms with Gasteiger partial charge in [0, 0.05) is 31.6 Å². The molecule has 2 amide bonds. The quantitative estimate of drug-likeness (QED) is 0.691. The van der Waals surface area contributed by atoms with Gasteiger partial charge in [-0.25, -0.2) is 0 Å². The number of aromatic nitrogens is 2. The van der Waals surface area contributed by atoms with E-state index in [1.54, 1.807) is 6.07 Å². The van der Waals surface area contributed by atoms with Gasteiger partial charge in [-0.05, 0) is 56.0 Å². The molecule has 0 spiro atoms. The van der Waals surface area contributed by atoms with Gasteiger partial charge < -0.3 is 20.7 Å². The van der Waals surface area contributed by atoms with E-state index in [2.05, 4.69) is 21.0 Å². The van der Waals surface area contributed by atoms with E-state index in [0.29, 0.717) is 30.6 Å². The Morgan fingerprint density at radius 3 is 2.97 bits per heavy atom. The Morgan fingerprint density at radius 1 is 1.24 bits per heavy atom. The molecule has 2 fully saturated rings. The summed E-state index contributed by atoms with van der Waals surface area (Å²) in [6.45, 7) is 2.92. The van der Waals surface area contributed by atoms with Gasteiger partial charge in [0.15, 0.2) is 0 Å². The average Bonchev–Trinajstić information content (AvgIpc) is 3.45. The summed E-state index contributed by atoms with van der Waals surface area (Å²) >= 11 is 0. The summed E-state index contributed by atoms with van der Waals surface area (Å²) in [5.41, 5.74) is 2.02. The van der Waals surface area contributed by atoms with Crippen LogP contribution in [0.5, 0.6) is 0 Å². The number of anilines is 1. The van der Waals surface area contributed by atoms with Crippen molar-refractivity contribution in [3.8, 4) is 0 Å². The van der Waals surface area contributed by atoms with E-state index in [-0.39, 0.29) is 17.9 Å². The Bertz CT molecular complexity index is 854. The predicted octanol–water partition coefficient (Wildman–Crippen LogP) is 1.86. The van der Waals surface area contributed by atoms with Crippen molar-refractivity contribution in [2.45, 2.75) is 44.4 Å². The first-order valence-corrected chi connectivity index (χ1v) is 10.2. The van der Waals surface area contributed by atoms with Crippen molar-refractivity contribution in [1.82, 2.24) is 20.4 Å². The van der Waals surface area contributed by atoms with E-state index >= 15 is 0 Å². The van der Waals surface area contributed by atoms with Gasteiger partial charge in [-0.15, -0.1) is 0 Å². The maximum absolute atomic E-state index is 12.5. The second-order valence-electron chi connectivity index (χ2n) is 7.56. The zero-order chi connectivity index (χ0) is 20.1. The highest BCUT2D eigenvalue weighted by molar-refractivity contribution is 5.94. The van der Waals surface area contributed by atoms with Crippen molar-refractivity contribution in [2.75, 3.05) is 25.0 Å². The molecule has 4 rings (SSSR count). The standard InChI is InChI=1S/C21H27N5O3/c27-20(18-8-10-26(25-18)17-6-2-9-22-14-17)23-13-15-4-1-5-16(12-15)24-21(28)19-7-3-11-29-19/h1,4-5,8,10,12,17,19,22H,2-3,6-7,9,11,13-14H2,(H,23,27)(H,24,28). The van der Waals surface area contributed by atoms with E-state index < -0.39 is 0 Å². The van der Waals surface area contributed by atoms with Gasteiger partial charge in [0.25, 0.3) is 11.8 Å². The highest BCUT2D eigenvalue weighted by atomic mass is 16.5. The smallest absolute Gasteiger partial charge is 0.272 e. The van der Waals surface area contributed by atoms with Crippen LogP contribution in [0.2, 0.25) is 0 Å². The van der Waals surface area contributed by atoms with Crippen LogP contribution in [0.3, 0.4) is 0 Å². The topological polar surface area (TPSA) is 97.3 Å². The third kappa shape index (κ3) is 5.02. The number of nitrogens with one attached hydrogen (secondary N) is 3. The van der Waals surface area contributed by atoms with Crippen LogP contribution in [-0.4, -0.2) is 47.4 Å². The molecule has 0 bridgehead atoms. The van der Waals surface area contributed by atoms with Crippen LogP contribution in [0.15, 0.2) is 36.5 Å². The molecule has 2 saturated heterocycles. The molecule has 8 heteroatoms.